The summed E-state index contributed by atoms with van der Waals surface area (Å²) in [5.74, 6) is 0.368. The van der Waals surface area contributed by atoms with E-state index in [0.29, 0.717) is 23.7 Å². The Morgan fingerprint density at radius 3 is 2.61 bits per heavy atom. The average molecular weight is 375 g/mol. The first-order valence-corrected chi connectivity index (χ1v) is 9.34. The van der Waals surface area contributed by atoms with Crippen LogP contribution in [0.2, 0.25) is 0 Å². The Kier molecular flexibility index (Phi) is 6.27. The zero-order valence-corrected chi connectivity index (χ0v) is 16.4. The van der Waals surface area contributed by atoms with Crippen molar-refractivity contribution in [2.45, 2.75) is 33.4 Å². The maximum Gasteiger partial charge on any atom is 0.274 e. The molecule has 1 heterocycles. The van der Waals surface area contributed by atoms with Crippen molar-refractivity contribution in [3.63, 3.8) is 0 Å². The Bertz CT molecular complexity index is 937. The largest absolute Gasteiger partial charge is 0.489 e. The normalized spacial score (nSPS) is 10.6. The molecule has 0 saturated heterocycles. The molecule has 3 rings (SSSR count). The van der Waals surface area contributed by atoms with E-state index in [4.69, 9.17) is 4.74 Å². The summed E-state index contributed by atoms with van der Waals surface area (Å²) in [5.41, 5.74) is 4.27. The van der Waals surface area contributed by atoms with Gasteiger partial charge in [-0.2, -0.15) is 0 Å². The van der Waals surface area contributed by atoms with E-state index in [1.165, 1.54) is 11.1 Å². The predicted molar refractivity (Wildman–Crippen MR) is 113 cm³/mol. The second-order valence-corrected chi connectivity index (χ2v) is 6.89. The van der Waals surface area contributed by atoms with Crippen molar-refractivity contribution in [1.82, 2.24) is 4.98 Å². The van der Waals surface area contributed by atoms with Gasteiger partial charge in [-0.3, -0.25) is 4.79 Å². The number of amides is 1. The number of carbonyl (C=O) groups excluding carboxylic acids is 1. The fraction of sp³-hybridized carbons (Fsp3) is 0.217. The van der Waals surface area contributed by atoms with Crippen molar-refractivity contribution in [1.29, 1.82) is 0 Å². The molecule has 1 aromatic heterocycles. The van der Waals surface area contributed by atoms with Gasteiger partial charge in [0.05, 0.1) is 23.7 Å². The molecule has 0 aliphatic carbocycles. The molecule has 0 aliphatic rings. The van der Waals surface area contributed by atoms with E-state index >= 15 is 0 Å². The van der Waals surface area contributed by atoms with Crippen LogP contribution in [0.15, 0.2) is 66.9 Å². The fourth-order valence-corrected chi connectivity index (χ4v) is 2.77. The predicted octanol–water partition coefficient (Wildman–Crippen LogP) is 5.04. The van der Waals surface area contributed by atoms with Crippen LogP contribution < -0.4 is 15.4 Å². The molecular formula is C23H25N3O2. The van der Waals surface area contributed by atoms with E-state index in [2.05, 4.69) is 40.7 Å². The number of ether oxygens (including phenoxy) is 1. The zero-order valence-electron chi connectivity index (χ0n) is 16.4. The first-order valence-electron chi connectivity index (χ1n) is 9.34. The van der Waals surface area contributed by atoms with E-state index in [1.807, 2.05) is 50.2 Å². The molecule has 5 nitrogen and oxygen atoms in total. The first kappa shape index (κ1) is 19.4. The number of nitrogens with zero attached hydrogens (tertiary/aromatic N) is 1. The molecule has 144 valence electrons. The van der Waals surface area contributed by atoms with Crippen LogP contribution in [0.4, 0.5) is 11.4 Å². The Morgan fingerprint density at radius 2 is 1.89 bits per heavy atom. The maximum absolute atomic E-state index is 12.5. The van der Waals surface area contributed by atoms with Crippen molar-refractivity contribution >= 4 is 17.3 Å². The lowest BCUT2D eigenvalue weighted by Crippen LogP contribution is -2.15. The summed E-state index contributed by atoms with van der Waals surface area (Å²) in [6.45, 7) is 6.67. The number of aryl methyl sites for hydroxylation is 1. The summed E-state index contributed by atoms with van der Waals surface area (Å²) >= 11 is 0. The van der Waals surface area contributed by atoms with Crippen LogP contribution in [-0.2, 0) is 6.54 Å². The molecule has 0 bridgehead atoms. The summed E-state index contributed by atoms with van der Waals surface area (Å²) in [7, 11) is 0. The third-order valence-corrected chi connectivity index (χ3v) is 4.07. The van der Waals surface area contributed by atoms with Gasteiger partial charge in [0, 0.05) is 6.54 Å². The Labute approximate surface area is 165 Å². The summed E-state index contributed by atoms with van der Waals surface area (Å²) in [4.78, 5) is 16.8. The molecule has 1 amide bonds. The van der Waals surface area contributed by atoms with E-state index in [-0.39, 0.29) is 12.0 Å². The molecule has 0 radical (unpaired) electrons. The number of benzene rings is 2. The van der Waals surface area contributed by atoms with Crippen molar-refractivity contribution in [2.75, 3.05) is 10.6 Å². The molecule has 2 N–H and O–H groups in total. The summed E-state index contributed by atoms with van der Waals surface area (Å²) in [6, 6.07) is 19.3. The molecule has 0 saturated carbocycles. The monoisotopic (exact) mass is 375 g/mol. The van der Waals surface area contributed by atoms with Crippen LogP contribution in [0, 0.1) is 6.92 Å². The second-order valence-electron chi connectivity index (χ2n) is 6.89. The third kappa shape index (κ3) is 5.33. The van der Waals surface area contributed by atoms with E-state index < -0.39 is 0 Å². The smallest absolute Gasteiger partial charge is 0.274 e. The van der Waals surface area contributed by atoms with Gasteiger partial charge in [-0.25, -0.2) is 4.98 Å². The van der Waals surface area contributed by atoms with Crippen LogP contribution in [0.1, 0.15) is 35.5 Å². The number of anilines is 2. The summed E-state index contributed by atoms with van der Waals surface area (Å²) in [5, 5.41) is 6.19. The van der Waals surface area contributed by atoms with Crippen LogP contribution in [-0.4, -0.2) is 17.0 Å². The number of hydrogen-bond donors (Lipinski definition) is 2. The standard InChI is InChI=1S/C23H25N3O2/c1-16(2)28-22-10-5-4-9-20(22)26-23(27)21-12-11-19(15-25-21)24-14-18-8-6-7-17(3)13-18/h4-13,15-16,24H,14H2,1-3H3,(H,26,27). The lowest BCUT2D eigenvalue weighted by molar-refractivity contribution is 0.102. The van der Waals surface area contributed by atoms with Gasteiger partial charge in [0.15, 0.2) is 0 Å². The Hall–Kier alpha value is -3.34. The van der Waals surface area contributed by atoms with Crippen LogP contribution in [0.25, 0.3) is 0 Å². The highest BCUT2D eigenvalue weighted by atomic mass is 16.5. The molecule has 28 heavy (non-hydrogen) atoms. The highest BCUT2D eigenvalue weighted by Gasteiger charge is 2.11. The molecule has 5 heteroatoms. The molecule has 0 fully saturated rings. The highest BCUT2D eigenvalue weighted by molar-refractivity contribution is 6.03. The third-order valence-electron chi connectivity index (χ3n) is 4.07. The van der Waals surface area contributed by atoms with Crippen molar-refractivity contribution in [2.24, 2.45) is 0 Å². The van der Waals surface area contributed by atoms with E-state index in [0.717, 1.165) is 5.69 Å². The van der Waals surface area contributed by atoms with Gasteiger partial charge < -0.3 is 15.4 Å². The van der Waals surface area contributed by atoms with Gasteiger partial charge in [-0.15, -0.1) is 0 Å². The van der Waals surface area contributed by atoms with Gasteiger partial charge >= 0.3 is 0 Å². The number of nitrogens with one attached hydrogen (secondary N) is 2. The number of pyridine rings is 1. The van der Waals surface area contributed by atoms with E-state index in [9.17, 15) is 4.79 Å². The second kappa shape index (κ2) is 9.04. The molecule has 0 unspecified atom stereocenters. The van der Waals surface area contributed by atoms with Crippen LogP contribution in [0.3, 0.4) is 0 Å². The number of carbonyl (C=O) groups is 1. The van der Waals surface area contributed by atoms with Crippen molar-refractivity contribution in [3.8, 4) is 5.75 Å². The topological polar surface area (TPSA) is 63.2 Å². The zero-order chi connectivity index (χ0) is 19.9. The summed E-state index contributed by atoms with van der Waals surface area (Å²) in [6.07, 6.45) is 1.69. The SMILES string of the molecule is Cc1cccc(CNc2ccc(C(=O)Nc3ccccc3OC(C)C)nc2)c1. The number of rotatable bonds is 7. The molecule has 3 aromatic rings. The Balaban J connectivity index is 1.62. The number of aromatic nitrogens is 1. The molecule has 0 atom stereocenters. The highest BCUT2D eigenvalue weighted by Crippen LogP contribution is 2.25. The van der Waals surface area contributed by atoms with Crippen LogP contribution >= 0.6 is 0 Å². The first-order chi connectivity index (χ1) is 13.5. The maximum atomic E-state index is 12.5. The van der Waals surface area contributed by atoms with Gasteiger partial charge in [0.1, 0.15) is 11.4 Å². The lowest BCUT2D eigenvalue weighted by atomic mass is 10.1. The average Bonchev–Trinajstić information content (AvgIpc) is 2.68. The lowest BCUT2D eigenvalue weighted by Gasteiger charge is -2.14. The number of hydrogen-bond acceptors (Lipinski definition) is 4. The van der Waals surface area contributed by atoms with Gasteiger partial charge in [0.2, 0.25) is 0 Å². The minimum atomic E-state index is -0.273. The molecule has 0 aliphatic heterocycles. The van der Waals surface area contributed by atoms with Crippen molar-refractivity contribution < 1.29 is 9.53 Å². The van der Waals surface area contributed by atoms with E-state index in [1.54, 1.807) is 12.3 Å². The quantitative estimate of drug-likeness (QED) is 0.607. The Morgan fingerprint density at radius 1 is 1.07 bits per heavy atom. The molecular weight excluding hydrogens is 350 g/mol. The fourth-order valence-electron chi connectivity index (χ4n) is 2.77. The summed E-state index contributed by atoms with van der Waals surface area (Å²) < 4.78 is 5.74. The minimum absolute atomic E-state index is 0.0231. The van der Waals surface area contributed by atoms with Gasteiger partial charge in [0.25, 0.3) is 5.91 Å². The van der Waals surface area contributed by atoms with Gasteiger partial charge in [-0.1, -0.05) is 42.0 Å². The molecule has 0 spiro atoms. The van der Waals surface area contributed by atoms with Crippen molar-refractivity contribution in [3.05, 3.63) is 83.7 Å². The molecule has 2 aromatic carbocycles. The van der Waals surface area contributed by atoms with Crippen LogP contribution in [0.5, 0.6) is 5.75 Å². The minimum Gasteiger partial charge on any atom is -0.489 e. The van der Waals surface area contributed by atoms with Gasteiger partial charge in [-0.05, 0) is 50.6 Å². The number of para-hydroxylation sites is 2.